The molecule has 8 heteroatoms. The Morgan fingerprint density at radius 3 is 2.87 bits per heavy atom. The maximum absolute atomic E-state index is 13.4. The highest BCUT2D eigenvalue weighted by Gasteiger charge is 2.27. The number of rotatable bonds is 3. The van der Waals surface area contributed by atoms with Crippen molar-refractivity contribution in [1.82, 2.24) is 15.0 Å². The van der Waals surface area contributed by atoms with Crippen molar-refractivity contribution in [1.29, 1.82) is 0 Å². The minimum Gasteiger partial charge on any atom is -0.455 e. The summed E-state index contributed by atoms with van der Waals surface area (Å²) in [5.41, 5.74) is 4.76. The number of halogens is 2. The number of aromatic nitrogens is 3. The molecule has 2 aliphatic heterocycles. The van der Waals surface area contributed by atoms with Crippen molar-refractivity contribution in [2.75, 3.05) is 11.4 Å². The van der Waals surface area contributed by atoms with E-state index in [2.05, 4.69) is 19.9 Å². The Labute approximate surface area is 171 Å². The first-order valence-corrected chi connectivity index (χ1v) is 9.65. The molecule has 0 aliphatic carbocycles. The Kier molecular flexibility index (Phi) is 4.42. The number of hydrogen-bond acceptors (Lipinski definition) is 6. The van der Waals surface area contributed by atoms with Crippen molar-refractivity contribution in [3.8, 4) is 11.1 Å². The van der Waals surface area contributed by atoms with Gasteiger partial charge in [-0.3, -0.25) is 9.97 Å². The third-order valence-corrected chi connectivity index (χ3v) is 5.52. The topological polar surface area (TPSA) is 68.2 Å². The largest absolute Gasteiger partial charge is 0.455 e. The van der Waals surface area contributed by atoms with Crippen LogP contribution in [0, 0.1) is 6.92 Å². The van der Waals surface area contributed by atoms with E-state index < -0.39 is 6.43 Å². The second-order valence-corrected chi connectivity index (χ2v) is 7.44. The summed E-state index contributed by atoms with van der Waals surface area (Å²) in [7, 11) is 0. The Morgan fingerprint density at radius 1 is 1.17 bits per heavy atom. The van der Waals surface area contributed by atoms with Gasteiger partial charge in [0.05, 0.1) is 11.3 Å². The summed E-state index contributed by atoms with van der Waals surface area (Å²) in [5.74, 6) is 0.467. The van der Waals surface area contributed by atoms with Crippen LogP contribution < -0.4 is 4.90 Å². The maximum Gasteiger partial charge on any atom is 0.340 e. The molecule has 5 rings (SSSR count). The second-order valence-electron chi connectivity index (χ2n) is 7.44. The van der Waals surface area contributed by atoms with Gasteiger partial charge in [-0.15, -0.1) is 0 Å². The van der Waals surface area contributed by atoms with E-state index in [1.165, 1.54) is 6.20 Å². The molecule has 0 N–H and O–H groups in total. The van der Waals surface area contributed by atoms with Crippen LogP contribution in [0.3, 0.4) is 0 Å². The third-order valence-electron chi connectivity index (χ3n) is 5.52. The van der Waals surface area contributed by atoms with Crippen molar-refractivity contribution in [2.24, 2.45) is 0 Å². The number of cyclic esters (lactones) is 1. The minimum atomic E-state index is -2.66. The summed E-state index contributed by atoms with van der Waals surface area (Å²) in [6, 6.07) is 7.02. The summed E-state index contributed by atoms with van der Waals surface area (Å²) >= 11 is 0. The van der Waals surface area contributed by atoms with E-state index in [1.807, 2.05) is 19.1 Å². The van der Waals surface area contributed by atoms with E-state index in [1.54, 1.807) is 18.3 Å². The molecule has 3 aromatic heterocycles. The van der Waals surface area contributed by atoms with Crippen LogP contribution in [0.2, 0.25) is 0 Å². The number of fused-ring (bicyclic) bond motifs is 2. The molecule has 0 fully saturated rings. The fourth-order valence-electron chi connectivity index (χ4n) is 4.05. The van der Waals surface area contributed by atoms with Crippen molar-refractivity contribution >= 4 is 11.8 Å². The van der Waals surface area contributed by atoms with Gasteiger partial charge in [0.25, 0.3) is 6.43 Å². The number of carbonyl (C=O) groups excluding carboxylic acids is 1. The van der Waals surface area contributed by atoms with Crippen LogP contribution in [0.15, 0.2) is 36.7 Å². The summed E-state index contributed by atoms with van der Waals surface area (Å²) in [4.78, 5) is 26.9. The zero-order chi connectivity index (χ0) is 20.8. The van der Waals surface area contributed by atoms with Gasteiger partial charge in [0, 0.05) is 48.7 Å². The van der Waals surface area contributed by atoms with Gasteiger partial charge in [-0.05, 0) is 36.2 Å². The standard InChI is InChI=1S/C22H18F2N4O2/c1-12-7-16-18(11-30-22(16)29)27-21(12)28-6-4-17-14(10-28)8-13(9-26-17)15-3-2-5-25-19(15)20(23)24/h2-3,5,7-9,20H,4,6,10-11H2,1H3. The molecule has 0 radical (unpaired) electrons. The quantitative estimate of drug-likeness (QED) is 0.610. The Hall–Kier alpha value is -3.42. The number of hydrogen-bond donors (Lipinski definition) is 0. The van der Waals surface area contributed by atoms with Crippen LogP contribution in [0.25, 0.3) is 11.1 Å². The molecule has 3 aromatic rings. The lowest BCUT2D eigenvalue weighted by Gasteiger charge is -2.30. The highest BCUT2D eigenvalue weighted by atomic mass is 19.3. The summed E-state index contributed by atoms with van der Waals surface area (Å²) in [5, 5.41) is 0. The van der Waals surface area contributed by atoms with Gasteiger partial charge in [0.2, 0.25) is 0 Å². The number of nitrogens with zero attached hydrogens (tertiary/aromatic N) is 4. The van der Waals surface area contributed by atoms with E-state index in [-0.39, 0.29) is 18.3 Å². The number of ether oxygens (including phenoxy) is 1. The van der Waals surface area contributed by atoms with Crippen LogP contribution in [-0.4, -0.2) is 27.5 Å². The Bertz CT molecular complexity index is 1170. The number of anilines is 1. The van der Waals surface area contributed by atoms with Crippen molar-refractivity contribution < 1.29 is 18.3 Å². The lowest BCUT2D eigenvalue weighted by atomic mass is 9.99. The fraction of sp³-hybridized carbons (Fsp3) is 0.273. The molecule has 0 saturated carbocycles. The summed E-state index contributed by atoms with van der Waals surface area (Å²) < 4.78 is 31.8. The van der Waals surface area contributed by atoms with Crippen LogP contribution >= 0.6 is 0 Å². The molecule has 0 aromatic carbocycles. The fourth-order valence-corrected chi connectivity index (χ4v) is 4.05. The van der Waals surface area contributed by atoms with Crippen molar-refractivity contribution in [3.63, 3.8) is 0 Å². The first kappa shape index (κ1) is 18.6. The molecule has 0 bridgehead atoms. The lowest BCUT2D eigenvalue weighted by molar-refractivity contribution is 0.0533. The van der Waals surface area contributed by atoms with Gasteiger partial charge in [-0.1, -0.05) is 6.07 Å². The number of alkyl halides is 2. The zero-order valence-corrected chi connectivity index (χ0v) is 16.2. The van der Waals surface area contributed by atoms with Crippen LogP contribution in [0.4, 0.5) is 14.6 Å². The predicted octanol–water partition coefficient (Wildman–Crippen LogP) is 4.02. The monoisotopic (exact) mass is 408 g/mol. The SMILES string of the molecule is Cc1cc2c(nc1N1CCc3ncc(-c4cccnc4C(F)F)cc3C1)COC2=O. The molecule has 0 spiro atoms. The molecular weight excluding hydrogens is 390 g/mol. The van der Waals surface area contributed by atoms with Gasteiger partial charge in [-0.25, -0.2) is 18.6 Å². The smallest absolute Gasteiger partial charge is 0.340 e. The number of carbonyl (C=O) groups is 1. The van der Waals surface area contributed by atoms with E-state index in [9.17, 15) is 13.6 Å². The lowest BCUT2D eigenvalue weighted by Crippen LogP contribution is -2.32. The van der Waals surface area contributed by atoms with E-state index in [4.69, 9.17) is 4.74 Å². The average molecular weight is 408 g/mol. The summed E-state index contributed by atoms with van der Waals surface area (Å²) in [6.07, 6.45) is 1.07. The number of esters is 1. The van der Waals surface area contributed by atoms with Crippen LogP contribution in [-0.2, 0) is 24.3 Å². The molecule has 30 heavy (non-hydrogen) atoms. The highest BCUT2D eigenvalue weighted by molar-refractivity contribution is 5.93. The molecule has 0 amide bonds. The molecule has 0 atom stereocenters. The normalized spacial score (nSPS) is 15.2. The van der Waals surface area contributed by atoms with Gasteiger partial charge in [0.1, 0.15) is 18.1 Å². The molecule has 2 aliphatic rings. The molecule has 5 heterocycles. The molecular formula is C22H18F2N4O2. The zero-order valence-electron chi connectivity index (χ0n) is 16.2. The van der Waals surface area contributed by atoms with Gasteiger partial charge in [-0.2, -0.15) is 0 Å². The number of pyridine rings is 3. The van der Waals surface area contributed by atoms with E-state index >= 15 is 0 Å². The minimum absolute atomic E-state index is 0.189. The molecule has 0 unspecified atom stereocenters. The van der Waals surface area contributed by atoms with Crippen molar-refractivity contribution in [3.05, 3.63) is 70.4 Å². The van der Waals surface area contributed by atoms with Gasteiger partial charge >= 0.3 is 5.97 Å². The summed E-state index contributed by atoms with van der Waals surface area (Å²) in [6.45, 7) is 3.40. The van der Waals surface area contributed by atoms with Crippen LogP contribution in [0.1, 0.15) is 45.0 Å². The average Bonchev–Trinajstić information content (AvgIpc) is 3.12. The first-order valence-electron chi connectivity index (χ1n) is 9.65. The highest BCUT2D eigenvalue weighted by Crippen LogP contribution is 2.33. The molecule has 152 valence electrons. The molecule has 6 nitrogen and oxygen atoms in total. The Morgan fingerprint density at radius 2 is 2.03 bits per heavy atom. The first-order chi connectivity index (χ1) is 14.5. The van der Waals surface area contributed by atoms with E-state index in [0.29, 0.717) is 28.9 Å². The van der Waals surface area contributed by atoms with Gasteiger partial charge in [0.15, 0.2) is 0 Å². The van der Waals surface area contributed by atoms with Crippen molar-refractivity contribution in [2.45, 2.75) is 32.9 Å². The van der Waals surface area contributed by atoms with E-state index in [0.717, 1.165) is 35.6 Å². The molecule has 0 saturated heterocycles. The predicted molar refractivity (Wildman–Crippen MR) is 105 cm³/mol. The van der Waals surface area contributed by atoms with Crippen LogP contribution in [0.5, 0.6) is 0 Å². The number of aryl methyl sites for hydroxylation is 1. The maximum atomic E-state index is 13.4. The van der Waals surface area contributed by atoms with Gasteiger partial charge < -0.3 is 9.64 Å². The Balaban J connectivity index is 1.49. The second kappa shape index (κ2) is 7.12. The third kappa shape index (κ3) is 3.08.